The predicted octanol–water partition coefficient (Wildman–Crippen LogP) is 2.76. The minimum atomic E-state index is -0.810. The summed E-state index contributed by atoms with van der Waals surface area (Å²) in [6.45, 7) is 0. The summed E-state index contributed by atoms with van der Waals surface area (Å²) < 4.78 is 12.3. The van der Waals surface area contributed by atoms with Crippen LogP contribution in [0, 0.1) is 11.8 Å². The Morgan fingerprint density at radius 3 is 2.47 bits per heavy atom. The number of hydrogen-bond donors (Lipinski definition) is 0. The summed E-state index contributed by atoms with van der Waals surface area (Å²) in [4.78, 5) is 0.989. The molecule has 0 radical (unpaired) electrons. The third kappa shape index (κ3) is 1.57. The van der Waals surface area contributed by atoms with E-state index in [1.54, 1.807) is 0 Å². The zero-order valence-electron chi connectivity index (χ0n) is 8.50. The molecule has 1 nitrogen and oxygen atoms in total. The SMILES string of the molecule is O=S(c1ccccc1)[C@@H]1C[C@@H]2C=C[C@H]1C2. The van der Waals surface area contributed by atoms with Gasteiger partial charge in [-0.25, -0.2) is 0 Å². The van der Waals surface area contributed by atoms with Crippen molar-refractivity contribution < 1.29 is 4.21 Å². The van der Waals surface area contributed by atoms with Crippen LogP contribution in [0.25, 0.3) is 0 Å². The molecule has 1 fully saturated rings. The van der Waals surface area contributed by atoms with Crippen molar-refractivity contribution in [3.05, 3.63) is 42.5 Å². The van der Waals surface area contributed by atoms with Crippen LogP contribution < -0.4 is 0 Å². The minimum absolute atomic E-state index is 0.363. The van der Waals surface area contributed by atoms with Gasteiger partial charge in [0.15, 0.2) is 0 Å². The molecule has 4 atom stereocenters. The van der Waals surface area contributed by atoms with Crippen molar-refractivity contribution in [1.29, 1.82) is 0 Å². The lowest BCUT2D eigenvalue weighted by molar-refractivity contribution is 0.641. The summed E-state index contributed by atoms with van der Waals surface area (Å²) in [5.74, 6) is 1.27. The van der Waals surface area contributed by atoms with Gasteiger partial charge < -0.3 is 0 Å². The van der Waals surface area contributed by atoms with E-state index in [0.29, 0.717) is 17.1 Å². The predicted molar refractivity (Wildman–Crippen MR) is 62.0 cm³/mol. The molecule has 0 aromatic heterocycles. The fourth-order valence-corrected chi connectivity index (χ4v) is 4.42. The highest BCUT2D eigenvalue weighted by molar-refractivity contribution is 7.85. The van der Waals surface area contributed by atoms with E-state index in [2.05, 4.69) is 12.2 Å². The number of hydrogen-bond acceptors (Lipinski definition) is 1. The van der Waals surface area contributed by atoms with Crippen LogP contribution in [0.2, 0.25) is 0 Å². The van der Waals surface area contributed by atoms with Crippen LogP contribution in [0.4, 0.5) is 0 Å². The molecule has 2 aliphatic rings. The fraction of sp³-hybridized carbons (Fsp3) is 0.385. The first kappa shape index (κ1) is 9.34. The summed E-state index contributed by atoms with van der Waals surface area (Å²) in [5, 5.41) is 0.363. The maximum Gasteiger partial charge on any atom is 0.0567 e. The van der Waals surface area contributed by atoms with Crippen LogP contribution in [-0.4, -0.2) is 9.46 Å². The van der Waals surface area contributed by atoms with Gasteiger partial charge in [0.2, 0.25) is 0 Å². The maximum atomic E-state index is 12.3. The highest BCUT2D eigenvalue weighted by Crippen LogP contribution is 2.42. The van der Waals surface area contributed by atoms with E-state index in [1.165, 1.54) is 6.42 Å². The number of fused-ring (bicyclic) bond motifs is 2. The molecule has 1 saturated carbocycles. The largest absolute Gasteiger partial charge is 0.254 e. The molecule has 3 rings (SSSR count). The molecule has 2 heteroatoms. The molecule has 0 N–H and O–H groups in total. The second kappa shape index (κ2) is 3.60. The van der Waals surface area contributed by atoms with Crippen molar-refractivity contribution in [3.63, 3.8) is 0 Å². The molecule has 15 heavy (non-hydrogen) atoms. The second-order valence-electron chi connectivity index (χ2n) is 4.43. The zero-order chi connectivity index (χ0) is 10.3. The molecule has 1 unspecified atom stereocenters. The molecular weight excluding hydrogens is 204 g/mol. The first-order chi connectivity index (χ1) is 7.34. The molecule has 2 aliphatic carbocycles. The van der Waals surface area contributed by atoms with Crippen LogP contribution in [0.5, 0.6) is 0 Å². The van der Waals surface area contributed by atoms with Gasteiger partial charge in [0.25, 0.3) is 0 Å². The lowest BCUT2D eigenvalue weighted by atomic mass is 10.1. The van der Waals surface area contributed by atoms with E-state index < -0.39 is 10.8 Å². The third-order valence-corrected chi connectivity index (χ3v) is 5.30. The topological polar surface area (TPSA) is 17.1 Å². The molecule has 2 bridgehead atoms. The summed E-state index contributed by atoms with van der Waals surface area (Å²) in [7, 11) is -0.810. The van der Waals surface area contributed by atoms with Crippen molar-refractivity contribution in [1.82, 2.24) is 0 Å². The third-order valence-electron chi connectivity index (χ3n) is 3.47. The van der Waals surface area contributed by atoms with Crippen molar-refractivity contribution in [2.75, 3.05) is 0 Å². The molecular formula is C13H14OS. The van der Waals surface area contributed by atoms with Crippen LogP contribution in [-0.2, 0) is 10.8 Å². The minimum Gasteiger partial charge on any atom is -0.254 e. The Bertz CT molecular complexity index is 410. The van der Waals surface area contributed by atoms with Crippen LogP contribution >= 0.6 is 0 Å². The van der Waals surface area contributed by atoms with E-state index in [9.17, 15) is 4.21 Å². The highest BCUT2D eigenvalue weighted by Gasteiger charge is 2.39. The summed E-state index contributed by atoms with van der Waals surface area (Å²) in [5.41, 5.74) is 0. The van der Waals surface area contributed by atoms with Crippen molar-refractivity contribution >= 4 is 10.8 Å². The molecule has 0 amide bonds. The van der Waals surface area contributed by atoms with Crippen molar-refractivity contribution in [2.24, 2.45) is 11.8 Å². The van der Waals surface area contributed by atoms with Crippen LogP contribution in [0.1, 0.15) is 12.8 Å². The Morgan fingerprint density at radius 1 is 1.07 bits per heavy atom. The first-order valence-corrected chi connectivity index (χ1v) is 6.70. The van der Waals surface area contributed by atoms with E-state index in [1.807, 2.05) is 30.3 Å². The molecule has 1 aromatic rings. The van der Waals surface area contributed by atoms with E-state index in [0.717, 1.165) is 11.3 Å². The number of rotatable bonds is 2. The maximum absolute atomic E-state index is 12.3. The van der Waals surface area contributed by atoms with Gasteiger partial charge in [-0.05, 0) is 36.8 Å². The smallest absolute Gasteiger partial charge is 0.0567 e. The fourth-order valence-electron chi connectivity index (χ4n) is 2.71. The monoisotopic (exact) mass is 218 g/mol. The van der Waals surface area contributed by atoms with Crippen molar-refractivity contribution in [2.45, 2.75) is 23.0 Å². The van der Waals surface area contributed by atoms with Gasteiger partial charge in [-0.15, -0.1) is 0 Å². The van der Waals surface area contributed by atoms with E-state index in [4.69, 9.17) is 0 Å². The Balaban J connectivity index is 1.85. The summed E-state index contributed by atoms with van der Waals surface area (Å²) in [6.07, 6.45) is 6.90. The number of allylic oxidation sites excluding steroid dienone is 2. The second-order valence-corrected chi connectivity index (χ2v) is 6.10. The van der Waals surface area contributed by atoms with Gasteiger partial charge in [-0.2, -0.15) is 0 Å². The normalized spacial score (nSPS) is 34.5. The average molecular weight is 218 g/mol. The molecule has 0 aliphatic heterocycles. The van der Waals surface area contributed by atoms with Crippen molar-refractivity contribution in [3.8, 4) is 0 Å². The molecule has 0 spiro atoms. The quantitative estimate of drug-likeness (QED) is 0.698. The lowest BCUT2D eigenvalue weighted by Gasteiger charge is -2.17. The highest BCUT2D eigenvalue weighted by atomic mass is 32.2. The van der Waals surface area contributed by atoms with Gasteiger partial charge in [0.1, 0.15) is 0 Å². The first-order valence-electron chi connectivity index (χ1n) is 5.48. The molecule has 1 aromatic carbocycles. The van der Waals surface area contributed by atoms with E-state index >= 15 is 0 Å². The van der Waals surface area contributed by atoms with Crippen LogP contribution in [0.3, 0.4) is 0 Å². The van der Waals surface area contributed by atoms with Gasteiger partial charge in [-0.1, -0.05) is 30.4 Å². The van der Waals surface area contributed by atoms with Gasteiger partial charge in [-0.3, -0.25) is 4.21 Å². The van der Waals surface area contributed by atoms with Gasteiger partial charge in [0, 0.05) is 10.1 Å². The van der Waals surface area contributed by atoms with E-state index in [-0.39, 0.29) is 0 Å². The average Bonchev–Trinajstić information content (AvgIpc) is 2.91. The lowest BCUT2D eigenvalue weighted by Crippen LogP contribution is -2.20. The van der Waals surface area contributed by atoms with Gasteiger partial charge >= 0.3 is 0 Å². The zero-order valence-corrected chi connectivity index (χ0v) is 9.32. The Kier molecular flexibility index (Phi) is 2.24. The molecule has 0 heterocycles. The molecule has 0 saturated heterocycles. The Labute approximate surface area is 92.7 Å². The van der Waals surface area contributed by atoms with Gasteiger partial charge in [0.05, 0.1) is 10.8 Å². The number of benzene rings is 1. The summed E-state index contributed by atoms with van der Waals surface area (Å²) in [6, 6.07) is 9.87. The van der Waals surface area contributed by atoms with Crippen LogP contribution in [0.15, 0.2) is 47.4 Å². The molecule has 78 valence electrons. The Morgan fingerprint density at radius 2 is 1.87 bits per heavy atom. The Hall–Kier alpha value is -0.890. The summed E-state index contributed by atoms with van der Waals surface area (Å²) >= 11 is 0. The standard InChI is InChI=1S/C13H14OS/c14-15(12-4-2-1-3-5-12)13-9-10-6-7-11(13)8-10/h1-7,10-11,13H,8-9H2/t10-,11+,13-,15?/m1/s1.